The van der Waals surface area contributed by atoms with E-state index >= 15 is 0 Å². The fourth-order valence-electron chi connectivity index (χ4n) is 3.58. The Hall–Kier alpha value is -3.07. The van der Waals surface area contributed by atoms with Crippen molar-refractivity contribution in [2.45, 2.75) is 33.0 Å². The van der Waals surface area contributed by atoms with Gasteiger partial charge < -0.3 is 9.97 Å². The average molecular weight is 516 g/mol. The first-order valence-corrected chi connectivity index (χ1v) is 15.3. The lowest BCUT2D eigenvalue weighted by Gasteiger charge is -2.05. The molecule has 2 aromatic heterocycles. The molecule has 2 heterocycles. The third kappa shape index (κ3) is 5.84. The molecule has 33 heavy (non-hydrogen) atoms. The van der Waals surface area contributed by atoms with Crippen LogP contribution in [0, 0.1) is 18.4 Å². The number of rotatable bonds is 5. The molecule has 0 saturated carbocycles. The van der Waals surface area contributed by atoms with Crippen LogP contribution in [-0.2, 0) is 6.42 Å². The van der Waals surface area contributed by atoms with Crippen LogP contribution in [-0.4, -0.2) is 23.8 Å². The first-order valence-electron chi connectivity index (χ1n) is 11.0. The highest BCUT2D eigenvalue weighted by Gasteiger charge is 2.14. The van der Waals surface area contributed by atoms with Crippen LogP contribution in [0.2, 0.25) is 19.6 Å². The number of aromatic amines is 2. The fraction of sp³-hybridized carbons (Fsp3) is 0.179. The minimum atomic E-state index is -1.40. The molecule has 4 rings (SSSR count). The first-order chi connectivity index (χ1) is 15.7. The van der Waals surface area contributed by atoms with Gasteiger partial charge in [-0.25, -0.2) is 0 Å². The molecule has 0 unspecified atom stereocenters. The molecule has 0 bridgehead atoms. The molecule has 2 aromatic carbocycles. The summed E-state index contributed by atoms with van der Waals surface area (Å²) in [5.74, 6) is 3.31. The number of benzene rings is 2. The molecular weight excluding hydrogens is 488 g/mol. The molecule has 0 saturated heterocycles. The second kappa shape index (κ2) is 9.42. The van der Waals surface area contributed by atoms with Gasteiger partial charge in [0.2, 0.25) is 5.78 Å². The summed E-state index contributed by atoms with van der Waals surface area (Å²) in [6, 6.07) is 22.0. The highest BCUT2D eigenvalue weighted by atomic mass is 79.9. The number of H-pyrrole nitrogens is 2. The third-order valence-electron chi connectivity index (χ3n) is 5.32. The monoisotopic (exact) mass is 514 g/mol. The van der Waals surface area contributed by atoms with Crippen LogP contribution in [0.15, 0.2) is 71.3 Å². The Labute approximate surface area is 204 Å². The number of hydrogen-bond acceptors (Lipinski definition) is 1. The van der Waals surface area contributed by atoms with Gasteiger partial charge in [-0.2, -0.15) is 0 Å². The Kier molecular flexibility index (Phi) is 6.60. The summed E-state index contributed by atoms with van der Waals surface area (Å²) in [6.07, 6.45) is 0.666. The van der Waals surface area contributed by atoms with Crippen LogP contribution < -0.4 is 0 Å². The molecule has 166 valence electrons. The smallest absolute Gasteiger partial charge is 0.209 e. The van der Waals surface area contributed by atoms with Crippen molar-refractivity contribution >= 4 is 29.8 Å². The quantitative estimate of drug-likeness (QED) is 0.166. The molecule has 0 radical (unpaired) electrons. The van der Waals surface area contributed by atoms with E-state index in [-0.39, 0.29) is 5.78 Å². The minimum Gasteiger partial charge on any atom is -0.355 e. The molecule has 4 aromatic rings. The first kappa shape index (κ1) is 23.1. The molecule has 0 aliphatic rings. The molecular formula is C28H27BrN2OSi. The van der Waals surface area contributed by atoms with Crippen molar-refractivity contribution in [3.05, 3.63) is 105 Å². The maximum absolute atomic E-state index is 12.8. The van der Waals surface area contributed by atoms with Gasteiger partial charge in [0, 0.05) is 34.5 Å². The Morgan fingerprint density at radius 3 is 2.30 bits per heavy atom. The van der Waals surface area contributed by atoms with Gasteiger partial charge in [0.15, 0.2) is 0 Å². The van der Waals surface area contributed by atoms with E-state index in [1.54, 1.807) is 0 Å². The maximum Gasteiger partial charge on any atom is 0.209 e. The van der Waals surface area contributed by atoms with Crippen molar-refractivity contribution in [1.29, 1.82) is 0 Å². The topological polar surface area (TPSA) is 48.6 Å². The highest BCUT2D eigenvalue weighted by molar-refractivity contribution is 9.10. The van der Waals surface area contributed by atoms with E-state index in [9.17, 15) is 4.79 Å². The lowest BCUT2D eigenvalue weighted by molar-refractivity contribution is 0.103. The predicted octanol–water partition coefficient (Wildman–Crippen LogP) is 7.13. The Balaban J connectivity index is 1.54. The average Bonchev–Trinajstić information content (AvgIpc) is 3.39. The lowest BCUT2D eigenvalue weighted by atomic mass is 10.0. The molecule has 0 aliphatic heterocycles. The Bertz CT molecular complexity index is 1340. The number of carbonyl (C=O) groups excluding carboxylic acids is 1. The van der Waals surface area contributed by atoms with Crippen molar-refractivity contribution < 1.29 is 4.79 Å². The maximum atomic E-state index is 12.8. The zero-order valence-corrected chi connectivity index (χ0v) is 21.9. The van der Waals surface area contributed by atoms with Crippen LogP contribution in [0.25, 0.3) is 11.1 Å². The van der Waals surface area contributed by atoms with E-state index < -0.39 is 8.07 Å². The summed E-state index contributed by atoms with van der Waals surface area (Å²) in [5, 5.41) is 0. The lowest BCUT2D eigenvalue weighted by Crippen LogP contribution is -2.16. The Morgan fingerprint density at radius 2 is 1.64 bits per heavy atom. The zero-order chi connectivity index (χ0) is 23.6. The summed E-state index contributed by atoms with van der Waals surface area (Å²) in [7, 11) is -1.40. The summed E-state index contributed by atoms with van der Waals surface area (Å²) >= 11 is 3.58. The van der Waals surface area contributed by atoms with Crippen LogP contribution in [0.5, 0.6) is 0 Å². The van der Waals surface area contributed by atoms with Crippen LogP contribution in [0.1, 0.15) is 38.6 Å². The van der Waals surface area contributed by atoms with Gasteiger partial charge >= 0.3 is 0 Å². The number of hydrogen-bond donors (Lipinski definition) is 2. The molecule has 0 atom stereocenters. The normalized spacial score (nSPS) is 11.2. The van der Waals surface area contributed by atoms with Gasteiger partial charge in [0.1, 0.15) is 8.07 Å². The second-order valence-electron chi connectivity index (χ2n) is 9.36. The number of aromatic nitrogens is 2. The van der Waals surface area contributed by atoms with E-state index in [1.807, 2.05) is 43.3 Å². The van der Waals surface area contributed by atoms with Gasteiger partial charge in [-0.05, 0) is 58.7 Å². The summed E-state index contributed by atoms with van der Waals surface area (Å²) < 4.78 is 0.928. The second-order valence-corrected chi connectivity index (χ2v) is 15.0. The van der Waals surface area contributed by atoms with Crippen LogP contribution in [0.3, 0.4) is 0 Å². The van der Waals surface area contributed by atoms with E-state index in [2.05, 4.69) is 87.3 Å². The Morgan fingerprint density at radius 1 is 0.939 bits per heavy atom. The number of carbonyl (C=O) groups is 1. The SMILES string of the molecule is Cc1ccc(C(=O)c2ccc(Cc3[nH]c(Br)cc3-c3ccc(C#C[Si](C)(C)C)cc3)[nH]2)cc1. The van der Waals surface area contributed by atoms with E-state index in [1.165, 1.54) is 0 Å². The van der Waals surface area contributed by atoms with Crippen molar-refractivity contribution in [1.82, 2.24) is 9.97 Å². The number of aryl methyl sites for hydroxylation is 1. The summed E-state index contributed by atoms with van der Waals surface area (Å²) in [4.78, 5) is 19.5. The highest BCUT2D eigenvalue weighted by Crippen LogP contribution is 2.29. The molecule has 2 N–H and O–H groups in total. The van der Waals surface area contributed by atoms with Gasteiger partial charge in [-0.1, -0.05) is 67.5 Å². The molecule has 5 heteroatoms. The van der Waals surface area contributed by atoms with Crippen molar-refractivity contribution in [2.75, 3.05) is 0 Å². The number of nitrogens with one attached hydrogen (secondary N) is 2. The molecule has 0 aliphatic carbocycles. The molecule has 0 amide bonds. The van der Waals surface area contributed by atoms with E-state index in [0.29, 0.717) is 17.7 Å². The minimum absolute atomic E-state index is 0.00385. The molecule has 3 nitrogen and oxygen atoms in total. The van der Waals surface area contributed by atoms with E-state index in [0.717, 1.165) is 38.2 Å². The predicted molar refractivity (Wildman–Crippen MR) is 142 cm³/mol. The van der Waals surface area contributed by atoms with Crippen LogP contribution >= 0.6 is 15.9 Å². The van der Waals surface area contributed by atoms with Crippen LogP contribution in [0.4, 0.5) is 0 Å². The van der Waals surface area contributed by atoms with Crippen molar-refractivity contribution in [2.24, 2.45) is 0 Å². The summed E-state index contributed by atoms with van der Waals surface area (Å²) in [5.41, 5.74) is 11.2. The fourth-order valence-corrected chi connectivity index (χ4v) is 4.57. The van der Waals surface area contributed by atoms with Crippen molar-refractivity contribution in [3.8, 4) is 22.6 Å². The number of halogens is 1. The standard InChI is InChI=1S/C28H27BrN2OSi/c1-19-5-9-22(10-6-19)28(32)25-14-13-23(30-25)17-26-24(18-27(29)31-26)21-11-7-20(8-12-21)15-16-33(2,3)4/h5-14,18,30-31H,17H2,1-4H3. The largest absolute Gasteiger partial charge is 0.355 e. The van der Waals surface area contributed by atoms with E-state index in [4.69, 9.17) is 0 Å². The molecule has 0 spiro atoms. The van der Waals surface area contributed by atoms with Gasteiger partial charge in [0.05, 0.1) is 10.3 Å². The van der Waals surface area contributed by atoms with Gasteiger partial charge in [0.25, 0.3) is 0 Å². The van der Waals surface area contributed by atoms with Gasteiger partial charge in [-0.3, -0.25) is 4.79 Å². The zero-order valence-electron chi connectivity index (χ0n) is 19.3. The van der Waals surface area contributed by atoms with Crippen molar-refractivity contribution in [3.63, 3.8) is 0 Å². The molecule has 0 fully saturated rings. The summed E-state index contributed by atoms with van der Waals surface area (Å²) in [6.45, 7) is 8.76. The number of ketones is 1. The third-order valence-corrected chi connectivity index (χ3v) is 6.62. The van der Waals surface area contributed by atoms with Gasteiger partial charge in [-0.15, -0.1) is 5.54 Å².